The molecule has 0 aliphatic carbocycles. The lowest BCUT2D eigenvalue weighted by Gasteiger charge is -2.38. The Hall–Kier alpha value is -1.96. The zero-order valence-electron chi connectivity index (χ0n) is 17.6. The number of carbonyl (C=O) groups is 2. The number of likely N-dealkylation sites (tertiary alicyclic amines) is 1. The van der Waals surface area contributed by atoms with Crippen LogP contribution in [0.4, 0.5) is 0 Å². The largest absolute Gasteiger partial charge is 0.381 e. The number of piperidine rings is 1. The van der Waals surface area contributed by atoms with Crippen LogP contribution >= 0.6 is 0 Å². The van der Waals surface area contributed by atoms with E-state index in [4.69, 9.17) is 9.47 Å². The molecule has 3 atom stereocenters. The number of hydrogen-bond donors (Lipinski definition) is 1. The van der Waals surface area contributed by atoms with Crippen LogP contribution in [0.1, 0.15) is 37.3 Å². The molecule has 1 aromatic carbocycles. The van der Waals surface area contributed by atoms with Gasteiger partial charge in [0.05, 0.1) is 19.8 Å². The average molecular weight is 416 g/mol. The lowest BCUT2D eigenvalue weighted by molar-refractivity contribution is -0.143. The number of ether oxygens (including phenoxy) is 2. The Morgan fingerprint density at radius 3 is 2.57 bits per heavy atom. The van der Waals surface area contributed by atoms with Crippen LogP contribution in [0.3, 0.4) is 0 Å². The predicted molar refractivity (Wildman–Crippen MR) is 113 cm³/mol. The first-order chi connectivity index (χ1) is 14.7. The van der Waals surface area contributed by atoms with E-state index in [9.17, 15) is 9.59 Å². The second kappa shape index (κ2) is 10.4. The van der Waals surface area contributed by atoms with Crippen molar-refractivity contribution in [2.45, 2.75) is 37.8 Å². The Balaban J connectivity index is 1.48. The Bertz CT molecular complexity index is 702. The standard InChI is InChI=1S/C23H33N3O4/c27-21-8-4-5-10-26(21)22(18-6-2-1-3-7-18)23(28)24-16-20(19-9-13-30-17-19)25-11-14-29-15-12-25/h1-3,6-7,19-20,22H,4-5,8-17H2,(H,24,28). The van der Waals surface area contributed by atoms with Crippen LogP contribution in [0, 0.1) is 5.92 Å². The highest BCUT2D eigenvalue weighted by Crippen LogP contribution is 2.27. The molecule has 0 radical (unpaired) electrons. The fourth-order valence-corrected chi connectivity index (χ4v) is 4.87. The maximum absolute atomic E-state index is 13.4. The molecule has 164 valence electrons. The molecule has 30 heavy (non-hydrogen) atoms. The number of nitrogens with zero attached hydrogens (tertiary/aromatic N) is 2. The van der Waals surface area contributed by atoms with E-state index in [1.165, 1.54) is 0 Å². The zero-order chi connectivity index (χ0) is 20.8. The summed E-state index contributed by atoms with van der Waals surface area (Å²) < 4.78 is 11.2. The number of rotatable bonds is 7. The molecule has 3 aliphatic heterocycles. The Kier molecular flexibility index (Phi) is 7.36. The van der Waals surface area contributed by atoms with Gasteiger partial charge in [0.1, 0.15) is 6.04 Å². The van der Waals surface area contributed by atoms with Crippen LogP contribution in [-0.4, -0.2) is 80.3 Å². The topological polar surface area (TPSA) is 71.1 Å². The molecule has 7 nitrogen and oxygen atoms in total. The molecule has 0 spiro atoms. The van der Waals surface area contributed by atoms with E-state index < -0.39 is 6.04 Å². The third-order valence-corrected chi connectivity index (χ3v) is 6.54. The summed E-state index contributed by atoms with van der Waals surface area (Å²) in [6, 6.07) is 9.34. The summed E-state index contributed by atoms with van der Waals surface area (Å²) in [7, 11) is 0. The molecular weight excluding hydrogens is 382 g/mol. The molecule has 0 aromatic heterocycles. The van der Waals surface area contributed by atoms with Crippen molar-refractivity contribution in [3.05, 3.63) is 35.9 Å². The molecular formula is C23H33N3O4. The number of morpholine rings is 1. The number of hydrogen-bond acceptors (Lipinski definition) is 5. The summed E-state index contributed by atoms with van der Waals surface area (Å²) in [5.74, 6) is 0.392. The van der Waals surface area contributed by atoms with Gasteiger partial charge in [0, 0.05) is 51.2 Å². The fraction of sp³-hybridized carbons (Fsp3) is 0.652. The minimum absolute atomic E-state index is 0.0687. The number of amides is 2. The summed E-state index contributed by atoms with van der Waals surface area (Å²) in [6.07, 6.45) is 3.38. The monoisotopic (exact) mass is 415 g/mol. The van der Waals surface area contributed by atoms with E-state index >= 15 is 0 Å². The molecule has 3 fully saturated rings. The van der Waals surface area contributed by atoms with Crippen LogP contribution in [0.15, 0.2) is 30.3 Å². The highest BCUT2D eigenvalue weighted by atomic mass is 16.5. The van der Waals surface area contributed by atoms with Crippen molar-refractivity contribution < 1.29 is 19.1 Å². The molecule has 1 N–H and O–H groups in total. The van der Waals surface area contributed by atoms with Gasteiger partial charge in [0.2, 0.25) is 11.8 Å². The van der Waals surface area contributed by atoms with Gasteiger partial charge in [-0.05, 0) is 24.8 Å². The molecule has 4 rings (SSSR count). The number of carbonyl (C=O) groups excluding carboxylic acids is 2. The van der Waals surface area contributed by atoms with Gasteiger partial charge in [-0.3, -0.25) is 14.5 Å². The summed E-state index contributed by atoms with van der Waals surface area (Å²) in [5, 5.41) is 3.20. The Labute approximate surface area is 178 Å². The maximum atomic E-state index is 13.4. The molecule has 3 saturated heterocycles. The minimum Gasteiger partial charge on any atom is -0.381 e. The average Bonchev–Trinajstić information content (AvgIpc) is 3.32. The molecule has 3 aliphatic rings. The SMILES string of the molecule is O=C(NCC(C1CCOC1)N1CCOCC1)C(c1ccccc1)N1CCCCC1=O. The fourth-order valence-electron chi connectivity index (χ4n) is 4.87. The normalized spacial score (nSPS) is 25.1. The van der Waals surface area contributed by atoms with E-state index in [2.05, 4.69) is 10.2 Å². The highest BCUT2D eigenvalue weighted by molar-refractivity contribution is 5.89. The third-order valence-electron chi connectivity index (χ3n) is 6.54. The van der Waals surface area contributed by atoms with Gasteiger partial charge < -0.3 is 19.7 Å². The van der Waals surface area contributed by atoms with Gasteiger partial charge in [-0.25, -0.2) is 0 Å². The van der Waals surface area contributed by atoms with Crippen molar-refractivity contribution in [1.82, 2.24) is 15.1 Å². The van der Waals surface area contributed by atoms with Gasteiger partial charge in [0.15, 0.2) is 0 Å². The number of benzene rings is 1. The summed E-state index contributed by atoms with van der Waals surface area (Å²) in [6.45, 7) is 5.94. The summed E-state index contributed by atoms with van der Waals surface area (Å²) in [4.78, 5) is 30.2. The number of nitrogens with one attached hydrogen (secondary N) is 1. The highest BCUT2D eigenvalue weighted by Gasteiger charge is 2.35. The van der Waals surface area contributed by atoms with Crippen molar-refractivity contribution >= 4 is 11.8 Å². The van der Waals surface area contributed by atoms with Gasteiger partial charge in [-0.1, -0.05) is 30.3 Å². The lowest BCUT2D eigenvalue weighted by atomic mass is 9.96. The summed E-state index contributed by atoms with van der Waals surface area (Å²) in [5.41, 5.74) is 0.873. The molecule has 0 bridgehead atoms. The molecule has 2 amide bonds. The van der Waals surface area contributed by atoms with Gasteiger partial charge in [-0.15, -0.1) is 0 Å². The predicted octanol–water partition coefficient (Wildman–Crippen LogP) is 1.59. The first-order valence-corrected chi connectivity index (χ1v) is 11.3. The summed E-state index contributed by atoms with van der Waals surface area (Å²) >= 11 is 0. The first kappa shape index (κ1) is 21.3. The van der Waals surface area contributed by atoms with Crippen LogP contribution < -0.4 is 5.32 Å². The maximum Gasteiger partial charge on any atom is 0.247 e. The Morgan fingerprint density at radius 2 is 1.87 bits per heavy atom. The van der Waals surface area contributed by atoms with Crippen molar-refractivity contribution in [3.8, 4) is 0 Å². The van der Waals surface area contributed by atoms with Crippen LogP contribution in [-0.2, 0) is 19.1 Å². The van der Waals surface area contributed by atoms with Crippen LogP contribution in [0.2, 0.25) is 0 Å². The van der Waals surface area contributed by atoms with E-state index in [0.717, 1.165) is 64.3 Å². The Morgan fingerprint density at radius 1 is 1.07 bits per heavy atom. The zero-order valence-corrected chi connectivity index (χ0v) is 17.6. The van der Waals surface area contributed by atoms with Crippen molar-refractivity contribution in [2.24, 2.45) is 5.92 Å². The first-order valence-electron chi connectivity index (χ1n) is 11.3. The van der Waals surface area contributed by atoms with Crippen molar-refractivity contribution in [2.75, 3.05) is 52.6 Å². The van der Waals surface area contributed by atoms with E-state index in [1.807, 2.05) is 30.3 Å². The third kappa shape index (κ3) is 5.02. The molecule has 1 aromatic rings. The molecule has 0 saturated carbocycles. The van der Waals surface area contributed by atoms with E-state index in [1.54, 1.807) is 4.90 Å². The van der Waals surface area contributed by atoms with E-state index in [-0.39, 0.29) is 17.9 Å². The van der Waals surface area contributed by atoms with Gasteiger partial charge in [-0.2, -0.15) is 0 Å². The second-order valence-electron chi connectivity index (χ2n) is 8.44. The molecule has 3 unspecified atom stereocenters. The van der Waals surface area contributed by atoms with Gasteiger partial charge in [0.25, 0.3) is 0 Å². The molecule has 7 heteroatoms. The lowest BCUT2D eigenvalue weighted by Crippen LogP contribution is -2.54. The van der Waals surface area contributed by atoms with Crippen molar-refractivity contribution in [1.29, 1.82) is 0 Å². The smallest absolute Gasteiger partial charge is 0.247 e. The quantitative estimate of drug-likeness (QED) is 0.732. The minimum atomic E-state index is -0.566. The van der Waals surface area contributed by atoms with E-state index in [0.29, 0.717) is 25.4 Å². The molecule has 3 heterocycles. The van der Waals surface area contributed by atoms with Crippen LogP contribution in [0.25, 0.3) is 0 Å². The van der Waals surface area contributed by atoms with Crippen molar-refractivity contribution in [3.63, 3.8) is 0 Å². The van der Waals surface area contributed by atoms with Gasteiger partial charge >= 0.3 is 0 Å². The van der Waals surface area contributed by atoms with Crippen LogP contribution in [0.5, 0.6) is 0 Å². The second-order valence-corrected chi connectivity index (χ2v) is 8.44.